The van der Waals surface area contributed by atoms with Gasteiger partial charge in [-0.25, -0.2) is 0 Å². The molecule has 3 aromatic carbocycles. The van der Waals surface area contributed by atoms with Gasteiger partial charge in [0.2, 0.25) is 17.7 Å². The quantitative estimate of drug-likeness (QED) is 0.320. The van der Waals surface area contributed by atoms with E-state index in [1.807, 2.05) is 30.3 Å². The third-order valence-corrected chi connectivity index (χ3v) is 7.07. The van der Waals surface area contributed by atoms with Crippen molar-refractivity contribution >= 4 is 23.6 Å². The number of nitrogens with one attached hydrogen (secondary N) is 3. The number of hydrogen-bond acceptors (Lipinski definition) is 7. The average molecular weight is 603 g/mol. The standard InChI is InChI=1S/C33H38N4O7/c1-37-18-20-44-29-12-7-6-11-26(29)31(39)36-27(22-30(38)35-28(33(37)41)21-23-9-4-3-5-10-23)32(40)34-17-8-19-43-25-15-13-24(42-2)14-16-25/h3-7,9-16,27-28H,8,17-22H2,1-2H3,(H,34,40)(H,35,38)(H,36,39)/t27-,28-/m0/s1. The highest BCUT2D eigenvalue weighted by Gasteiger charge is 2.30. The molecule has 1 heterocycles. The number of para-hydroxylation sites is 1. The summed E-state index contributed by atoms with van der Waals surface area (Å²) in [5.74, 6) is -0.238. The van der Waals surface area contributed by atoms with E-state index in [0.717, 1.165) is 11.3 Å². The molecule has 232 valence electrons. The smallest absolute Gasteiger partial charge is 0.255 e. The summed E-state index contributed by atoms with van der Waals surface area (Å²) in [7, 11) is 3.22. The lowest BCUT2D eigenvalue weighted by Crippen LogP contribution is -2.53. The van der Waals surface area contributed by atoms with Crippen molar-refractivity contribution in [1.82, 2.24) is 20.9 Å². The highest BCUT2D eigenvalue weighted by atomic mass is 16.5. The molecule has 0 saturated carbocycles. The minimum absolute atomic E-state index is 0.126. The van der Waals surface area contributed by atoms with Gasteiger partial charge in [0.1, 0.15) is 35.9 Å². The summed E-state index contributed by atoms with van der Waals surface area (Å²) < 4.78 is 16.7. The fourth-order valence-corrected chi connectivity index (χ4v) is 4.65. The Bertz CT molecular complexity index is 1420. The molecule has 0 bridgehead atoms. The van der Waals surface area contributed by atoms with E-state index in [9.17, 15) is 19.2 Å². The van der Waals surface area contributed by atoms with E-state index in [1.54, 1.807) is 62.7 Å². The number of hydrogen-bond donors (Lipinski definition) is 3. The average Bonchev–Trinajstić information content (AvgIpc) is 3.04. The molecule has 44 heavy (non-hydrogen) atoms. The summed E-state index contributed by atoms with van der Waals surface area (Å²) in [4.78, 5) is 54.7. The number of carbonyl (C=O) groups excluding carboxylic acids is 4. The minimum Gasteiger partial charge on any atom is -0.497 e. The fourth-order valence-electron chi connectivity index (χ4n) is 4.65. The first-order chi connectivity index (χ1) is 21.3. The van der Waals surface area contributed by atoms with Gasteiger partial charge in [-0.3, -0.25) is 19.2 Å². The minimum atomic E-state index is -1.20. The molecule has 4 rings (SSSR count). The number of fused-ring (bicyclic) bond motifs is 1. The number of amides is 4. The molecule has 3 aromatic rings. The summed E-state index contributed by atoms with van der Waals surface area (Å²) in [6.07, 6.45) is 0.378. The van der Waals surface area contributed by atoms with Crippen molar-refractivity contribution in [3.63, 3.8) is 0 Å². The number of methoxy groups -OCH3 is 1. The second kappa shape index (κ2) is 16.0. The van der Waals surface area contributed by atoms with Crippen LogP contribution in [0.2, 0.25) is 0 Å². The van der Waals surface area contributed by atoms with Crippen LogP contribution in [0.25, 0.3) is 0 Å². The van der Waals surface area contributed by atoms with Crippen molar-refractivity contribution in [2.45, 2.75) is 31.3 Å². The van der Waals surface area contributed by atoms with Gasteiger partial charge in [0.15, 0.2) is 0 Å². The van der Waals surface area contributed by atoms with Gasteiger partial charge in [-0.2, -0.15) is 0 Å². The zero-order valence-electron chi connectivity index (χ0n) is 24.9. The predicted octanol–water partition coefficient (Wildman–Crippen LogP) is 2.35. The van der Waals surface area contributed by atoms with Crippen LogP contribution in [0.4, 0.5) is 0 Å². The number of nitrogens with zero attached hydrogens (tertiary/aromatic N) is 1. The van der Waals surface area contributed by atoms with Crippen molar-refractivity contribution in [3.05, 3.63) is 90.0 Å². The van der Waals surface area contributed by atoms with Crippen molar-refractivity contribution in [2.75, 3.05) is 40.5 Å². The second-order valence-electron chi connectivity index (χ2n) is 10.3. The molecule has 0 spiro atoms. The van der Waals surface area contributed by atoms with Crippen LogP contribution in [0.5, 0.6) is 17.2 Å². The summed E-state index contributed by atoms with van der Waals surface area (Å²) in [5, 5.41) is 8.26. The summed E-state index contributed by atoms with van der Waals surface area (Å²) in [6.45, 7) is 0.957. The van der Waals surface area contributed by atoms with Crippen LogP contribution in [-0.4, -0.2) is 81.1 Å². The lowest BCUT2D eigenvalue weighted by atomic mass is 10.0. The molecule has 1 aliphatic heterocycles. The maximum absolute atomic E-state index is 13.4. The predicted molar refractivity (Wildman–Crippen MR) is 164 cm³/mol. The van der Waals surface area contributed by atoms with Crippen LogP contribution >= 0.6 is 0 Å². The van der Waals surface area contributed by atoms with Gasteiger partial charge in [-0.15, -0.1) is 0 Å². The molecule has 11 nitrogen and oxygen atoms in total. The molecule has 0 radical (unpaired) electrons. The Balaban J connectivity index is 1.46. The van der Waals surface area contributed by atoms with E-state index in [0.29, 0.717) is 24.5 Å². The summed E-state index contributed by atoms with van der Waals surface area (Å²) in [5.41, 5.74) is 1.08. The Morgan fingerprint density at radius 3 is 2.41 bits per heavy atom. The Hall–Kier alpha value is -5.06. The number of benzene rings is 3. The van der Waals surface area contributed by atoms with Crippen molar-refractivity contribution in [1.29, 1.82) is 0 Å². The van der Waals surface area contributed by atoms with Crippen molar-refractivity contribution < 1.29 is 33.4 Å². The SMILES string of the molecule is COc1ccc(OCCCNC(=O)[C@@H]2CC(=O)N[C@@H](Cc3ccccc3)C(=O)N(C)CCOc3ccccc3C(=O)N2)cc1. The molecule has 1 aliphatic rings. The van der Waals surface area contributed by atoms with Crippen LogP contribution in [-0.2, 0) is 20.8 Å². The number of rotatable bonds is 9. The Labute approximate surface area is 256 Å². The number of likely N-dealkylation sites (N-methyl/N-ethyl adjacent to an activating group) is 1. The molecule has 0 fully saturated rings. The summed E-state index contributed by atoms with van der Waals surface area (Å²) >= 11 is 0. The summed E-state index contributed by atoms with van der Waals surface area (Å²) in [6, 6.07) is 21.0. The van der Waals surface area contributed by atoms with E-state index in [4.69, 9.17) is 14.2 Å². The molecule has 11 heteroatoms. The Kier molecular flexibility index (Phi) is 11.6. The lowest BCUT2D eigenvalue weighted by molar-refractivity contribution is -0.136. The van der Waals surface area contributed by atoms with Gasteiger partial charge in [-0.1, -0.05) is 42.5 Å². The molecule has 0 unspecified atom stereocenters. The Morgan fingerprint density at radius 2 is 1.66 bits per heavy atom. The third kappa shape index (κ3) is 9.22. The van der Waals surface area contributed by atoms with E-state index in [1.165, 1.54) is 4.90 Å². The van der Waals surface area contributed by atoms with Crippen molar-refractivity contribution in [3.8, 4) is 17.2 Å². The van der Waals surface area contributed by atoms with Gasteiger partial charge in [0.05, 0.1) is 32.2 Å². The maximum atomic E-state index is 13.4. The van der Waals surface area contributed by atoms with Crippen LogP contribution in [0.3, 0.4) is 0 Å². The lowest BCUT2D eigenvalue weighted by Gasteiger charge is -2.26. The van der Waals surface area contributed by atoms with Crippen molar-refractivity contribution in [2.24, 2.45) is 0 Å². The van der Waals surface area contributed by atoms with Crippen LogP contribution in [0, 0.1) is 0 Å². The highest BCUT2D eigenvalue weighted by molar-refractivity contribution is 6.01. The van der Waals surface area contributed by atoms with Gasteiger partial charge in [0.25, 0.3) is 5.91 Å². The second-order valence-corrected chi connectivity index (χ2v) is 10.3. The number of carbonyl (C=O) groups is 4. The van der Waals surface area contributed by atoms with Crippen LogP contribution < -0.4 is 30.2 Å². The monoisotopic (exact) mass is 602 g/mol. The molecule has 2 atom stereocenters. The van der Waals surface area contributed by atoms with Gasteiger partial charge in [0, 0.05) is 20.0 Å². The normalized spacial score (nSPS) is 17.7. The zero-order valence-corrected chi connectivity index (χ0v) is 24.9. The third-order valence-electron chi connectivity index (χ3n) is 7.07. The molecular weight excluding hydrogens is 564 g/mol. The van der Waals surface area contributed by atoms with Gasteiger partial charge < -0.3 is 35.1 Å². The maximum Gasteiger partial charge on any atom is 0.255 e. The van der Waals surface area contributed by atoms with E-state index < -0.39 is 29.8 Å². The van der Waals surface area contributed by atoms with Gasteiger partial charge in [-0.05, 0) is 48.4 Å². The molecular formula is C33H38N4O7. The van der Waals surface area contributed by atoms with E-state index in [2.05, 4.69) is 16.0 Å². The Morgan fingerprint density at radius 1 is 0.955 bits per heavy atom. The fraction of sp³-hybridized carbons (Fsp3) is 0.333. The van der Waals surface area contributed by atoms with Crippen LogP contribution in [0.1, 0.15) is 28.8 Å². The largest absolute Gasteiger partial charge is 0.497 e. The van der Waals surface area contributed by atoms with E-state index in [-0.39, 0.29) is 44.0 Å². The first-order valence-electron chi connectivity index (χ1n) is 14.5. The first kappa shape index (κ1) is 31.9. The molecule has 3 N–H and O–H groups in total. The molecule has 4 amide bonds. The number of ether oxygens (including phenoxy) is 3. The topological polar surface area (TPSA) is 135 Å². The first-order valence-corrected chi connectivity index (χ1v) is 14.5. The van der Waals surface area contributed by atoms with Gasteiger partial charge >= 0.3 is 0 Å². The zero-order chi connectivity index (χ0) is 31.3. The molecule has 0 saturated heterocycles. The molecule has 0 aliphatic carbocycles. The van der Waals surface area contributed by atoms with E-state index >= 15 is 0 Å². The molecule has 0 aromatic heterocycles. The highest BCUT2D eigenvalue weighted by Crippen LogP contribution is 2.19. The van der Waals surface area contributed by atoms with Crippen LogP contribution in [0.15, 0.2) is 78.9 Å².